The lowest BCUT2D eigenvalue weighted by Crippen LogP contribution is -2.48. The van der Waals surface area contributed by atoms with E-state index in [9.17, 15) is 17.6 Å². The number of hydrogen-bond acceptors (Lipinski definition) is 3. The summed E-state index contributed by atoms with van der Waals surface area (Å²) in [6.07, 6.45) is 1.72. The highest BCUT2D eigenvalue weighted by Crippen LogP contribution is 2.22. The fourth-order valence-corrected chi connectivity index (χ4v) is 4.40. The Hall–Kier alpha value is -1.51. The summed E-state index contributed by atoms with van der Waals surface area (Å²) in [7, 11) is -3.87. The molecule has 1 aliphatic heterocycles. The van der Waals surface area contributed by atoms with Crippen molar-refractivity contribution in [2.45, 2.75) is 26.3 Å². The number of nitrogens with zero attached hydrogens (tertiary/aromatic N) is 2. The second-order valence-corrected chi connectivity index (χ2v) is 7.83. The summed E-state index contributed by atoms with van der Waals surface area (Å²) in [5.41, 5.74) is 0.543. The molecule has 0 aliphatic carbocycles. The number of benzene rings is 1. The molecule has 1 fully saturated rings. The van der Waals surface area contributed by atoms with Gasteiger partial charge < -0.3 is 5.11 Å². The van der Waals surface area contributed by atoms with Crippen LogP contribution in [0.3, 0.4) is 0 Å². The summed E-state index contributed by atoms with van der Waals surface area (Å²) in [4.78, 5) is 11.1. The number of aliphatic carboxylic acids is 1. The first-order valence-electron chi connectivity index (χ1n) is 7.50. The van der Waals surface area contributed by atoms with E-state index in [0.29, 0.717) is 18.7 Å². The summed E-state index contributed by atoms with van der Waals surface area (Å²) in [5, 5.41) is 9.04. The second-order valence-electron chi connectivity index (χ2n) is 5.90. The van der Waals surface area contributed by atoms with Crippen molar-refractivity contribution in [1.82, 2.24) is 8.61 Å². The highest BCUT2D eigenvalue weighted by Gasteiger charge is 2.33. The third-order valence-electron chi connectivity index (χ3n) is 3.86. The van der Waals surface area contributed by atoms with Crippen molar-refractivity contribution in [3.63, 3.8) is 0 Å². The number of carbonyl (C=O) groups is 1. The molecular weight excluding hydrogens is 323 g/mol. The van der Waals surface area contributed by atoms with Gasteiger partial charge in [-0.2, -0.15) is 17.0 Å². The van der Waals surface area contributed by atoms with Crippen LogP contribution in [-0.4, -0.2) is 47.7 Å². The molecule has 8 heteroatoms. The maximum Gasteiger partial charge on any atom is 0.318 e. The van der Waals surface area contributed by atoms with Crippen LogP contribution in [0.15, 0.2) is 24.3 Å². The van der Waals surface area contributed by atoms with Gasteiger partial charge in [0.15, 0.2) is 0 Å². The molecule has 0 bridgehead atoms. The Labute approximate surface area is 135 Å². The quantitative estimate of drug-likeness (QED) is 0.852. The van der Waals surface area contributed by atoms with E-state index in [1.165, 1.54) is 28.6 Å². The predicted molar refractivity (Wildman–Crippen MR) is 83.3 cm³/mol. The van der Waals surface area contributed by atoms with Gasteiger partial charge in [0.1, 0.15) is 12.4 Å². The molecule has 128 valence electrons. The highest BCUT2D eigenvalue weighted by atomic mass is 32.2. The van der Waals surface area contributed by atoms with Crippen LogP contribution in [0.4, 0.5) is 4.39 Å². The molecule has 1 N–H and O–H groups in total. The first-order chi connectivity index (χ1) is 10.8. The smallest absolute Gasteiger partial charge is 0.318 e. The molecule has 1 aromatic carbocycles. The summed E-state index contributed by atoms with van der Waals surface area (Å²) >= 11 is 0. The Morgan fingerprint density at radius 1 is 1.39 bits per heavy atom. The van der Waals surface area contributed by atoms with Crippen molar-refractivity contribution < 1.29 is 22.7 Å². The van der Waals surface area contributed by atoms with Crippen LogP contribution >= 0.6 is 0 Å². The molecule has 0 aromatic heterocycles. The van der Waals surface area contributed by atoms with Gasteiger partial charge in [0, 0.05) is 19.6 Å². The van der Waals surface area contributed by atoms with Gasteiger partial charge >= 0.3 is 5.97 Å². The number of carboxylic acid groups (broad SMARTS) is 1. The number of halogens is 1. The summed E-state index contributed by atoms with van der Waals surface area (Å²) in [6.45, 7) is 2.04. The van der Waals surface area contributed by atoms with E-state index in [1.807, 2.05) is 6.92 Å². The van der Waals surface area contributed by atoms with Gasteiger partial charge in [-0.25, -0.2) is 4.39 Å². The van der Waals surface area contributed by atoms with Gasteiger partial charge in [-0.3, -0.25) is 4.79 Å². The molecule has 1 aliphatic rings. The average molecular weight is 344 g/mol. The zero-order chi connectivity index (χ0) is 17.0. The molecule has 6 nitrogen and oxygen atoms in total. The van der Waals surface area contributed by atoms with Gasteiger partial charge in [0.25, 0.3) is 10.2 Å². The first kappa shape index (κ1) is 17.8. The molecule has 1 unspecified atom stereocenters. The van der Waals surface area contributed by atoms with E-state index in [2.05, 4.69) is 0 Å². The molecule has 23 heavy (non-hydrogen) atoms. The monoisotopic (exact) mass is 344 g/mol. The molecule has 2 rings (SSSR count). The third-order valence-corrected chi connectivity index (χ3v) is 5.75. The Bertz CT molecular complexity index is 648. The molecule has 0 amide bonds. The minimum Gasteiger partial charge on any atom is -0.480 e. The molecule has 1 atom stereocenters. The van der Waals surface area contributed by atoms with Crippen LogP contribution in [0.5, 0.6) is 0 Å². The van der Waals surface area contributed by atoms with Gasteiger partial charge in [-0.15, -0.1) is 0 Å². The van der Waals surface area contributed by atoms with Crippen LogP contribution in [0, 0.1) is 11.7 Å². The standard InChI is InChI=1S/C15H21FN2O4S/c1-12-3-2-8-17(9-12)23(21,22)18(11-15(19)20)10-13-4-6-14(16)7-5-13/h4-7,12H,2-3,8-11H2,1H3,(H,19,20). The molecule has 0 saturated carbocycles. The van der Waals surface area contributed by atoms with E-state index in [-0.39, 0.29) is 12.5 Å². The van der Waals surface area contributed by atoms with Gasteiger partial charge in [-0.05, 0) is 36.5 Å². The van der Waals surface area contributed by atoms with Crippen LogP contribution in [0.2, 0.25) is 0 Å². The first-order valence-corrected chi connectivity index (χ1v) is 8.90. The van der Waals surface area contributed by atoms with Crippen LogP contribution in [0.25, 0.3) is 0 Å². The molecule has 1 aromatic rings. The molecule has 0 spiro atoms. The number of hydrogen-bond donors (Lipinski definition) is 1. The lowest BCUT2D eigenvalue weighted by Gasteiger charge is -2.34. The number of carboxylic acids is 1. The average Bonchev–Trinajstić information content (AvgIpc) is 2.48. The zero-order valence-corrected chi connectivity index (χ0v) is 13.8. The van der Waals surface area contributed by atoms with Crippen molar-refractivity contribution in [2.75, 3.05) is 19.6 Å². The van der Waals surface area contributed by atoms with Crippen LogP contribution in [0.1, 0.15) is 25.3 Å². The fraction of sp³-hybridized carbons (Fsp3) is 0.533. The number of piperidine rings is 1. The minimum absolute atomic E-state index is 0.0974. The van der Waals surface area contributed by atoms with Gasteiger partial charge in [-0.1, -0.05) is 19.1 Å². The van der Waals surface area contributed by atoms with Crippen molar-refractivity contribution in [3.8, 4) is 0 Å². The van der Waals surface area contributed by atoms with E-state index < -0.39 is 28.5 Å². The molecule has 1 heterocycles. The maximum atomic E-state index is 13.0. The lowest BCUT2D eigenvalue weighted by molar-refractivity contribution is -0.137. The third kappa shape index (κ3) is 4.73. The maximum absolute atomic E-state index is 13.0. The Kier molecular flexibility index (Phi) is 5.72. The molecular formula is C15H21FN2O4S. The topological polar surface area (TPSA) is 77.9 Å². The summed E-state index contributed by atoms with van der Waals surface area (Å²) in [5.74, 6) is -1.40. The zero-order valence-electron chi connectivity index (χ0n) is 13.0. The molecule has 0 radical (unpaired) electrons. The van der Waals surface area contributed by atoms with Crippen LogP contribution in [-0.2, 0) is 21.5 Å². The van der Waals surface area contributed by atoms with Crippen molar-refractivity contribution >= 4 is 16.2 Å². The van der Waals surface area contributed by atoms with Crippen molar-refractivity contribution in [1.29, 1.82) is 0 Å². The minimum atomic E-state index is -3.87. The van der Waals surface area contributed by atoms with E-state index in [0.717, 1.165) is 17.1 Å². The Balaban J connectivity index is 2.22. The summed E-state index contributed by atoms with van der Waals surface area (Å²) < 4.78 is 40.7. The lowest BCUT2D eigenvalue weighted by atomic mass is 10.0. The van der Waals surface area contributed by atoms with Gasteiger partial charge in [0.2, 0.25) is 0 Å². The van der Waals surface area contributed by atoms with Crippen molar-refractivity contribution in [2.24, 2.45) is 5.92 Å². The SMILES string of the molecule is CC1CCCN(S(=O)(=O)N(CC(=O)O)Cc2ccc(F)cc2)C1. The highest BCUT2D eigenvalue weighted by molar-refractivity contribution is 7.86. The fourth-order valence-electron chi connectivity index (χ4n) is 2.68. The van der Waals surface area contributed by atoms with E-state index in [4.69, 9.17) is 5.11 Å². The van der Waals surface area contributed by atoms with Crippen molar-refractivity contribution in [3.05, 3.63) is 35.6 Å². The second kappa shape index (κ2) is 7.37. The largest absolute Gasteiger partial charge is 0.480 e. The van der Waals surface area contributed by atoms with Crippen LogP contribution < -0.4 is 0 Å². The molecule has 1 saturated heterocycles. The van der Waals surface area contributed by atoms with E-state index >= 15 is 0 Å². The summed E-state index contributed by atoms with van der Waals surface area (Å²) in [6, 6.07) is 5.37. The predicted octanol–water partition coefficient (Wildman–Crippen LogP) is 1.69. The number of rotatable bonds is 6. The van der Waals surface area contributed by atoms with Gasteiger partial charge in [0.05, 0.1) is 0 Å². The Morgan fingerprint density at radius 3 is 2.61 bits per heavy atom. The normalized spacial score (nSPS) is 19.9. The van der Waals surface area contributed by atoms with E-state index in [1.54, 1.807) is 0 Å². The Morgan fingerprint density at radius 2 is 2.04 bits per heavy atom.